The Labute approximate surface area is 120 Å². The molecule has 1 atom stereocenters. The highest BCUT2D eigenvalue weighted by molar-refractivity contribution is 5.78. The molecule has 1 rings (SSSR count). The summed E-state index contributed by atoms with van der Waals surface area (Å²) in [6.07, 6.45) is 0. The van der Waals surface area contributed by atoms with Crippen LogP contribution in [-0.4, -0.2) is 45.9 Å². The summed E-state index contributed by atoms with van der Waals surface area (Å²) in [5.74, 6) is 0.622. The predicted molar refractivity (Wildman–Crippen MR) is 78.9 cm³/mol. The highest BCUT2D eigenvalue weighted by Crippen LogP contribution is 2.09. The Morgan fingerprint density at radius 1 is 1.20 bits per heavy atom. The summed E-state index contributed by atoms with van der Waals surface area (Å²) in [5, 5.41) is 6.04. The van der Waals surface area contributed by atoms with E-state index in [-0.39, 0.29) is 11.8 Å². The largest absolute Gasteiger partial charge is 0.493 e. The van der Waals surface area contributed by atoms with Crippen LogP contribution >= 0.6 is 0 Å². The second-order valence-corrected chi connectivity index (χ2v) is 4.56. The van der Waals surface area contributed by atoms with Gasteiger partial charge in [-0.1, -0.05) is 25.1 Å². The van der Waals surface area contributed by atoms with Gasteiger partial charge in [-0.05, 0) is 12.1 Å². The SMILES string of the molecule is COCCNCCNC(=O)C(C)COc1ccccc1. The van der Waals surface area contributed by atoms with Gasteiger partial charge in [-0.25, -0.2) is 0 Å². The van der Waals surface area contributed by atoms with E-state index in [9.17, 15) is 4.79 Å². The molecule has 1 amide bonds. The summed E-state index contributed by atoms with van der Waals surface area (Å²) in [6.45, 7) is 5.05. The van der Waals surface area contributed by atoms with Gasteiger partial charge in [0, 0.05) is 26.7 Å². The van der Waals surface area contributed by atoms with Crippen LogP contribution in [0.4, 0.5) is 0 Å². The van der Waals surface area contributed by atoms with E-state index in [1.165, 1.54) is 0 Å². The van der Waals surface area contributed by atoms with Crippen LogP contribution in [0.1, 0.15) is 6.92 Å². The van der Waals surface area contributed by atoms with Crippen LogP contribution in [0.2, 0.25) is 0 Å². The fourth-order valence-electron chi connectivity index (χ4n) is 1.56. The first-order valence-electron chi connectivity index (χ1n) is 6.89. The van der Waals surface area contributed by atoms with E-state index in [2.05, 4.69) is 10.6 Å². The van der Waals surface area contributed by atoms with Crippen LogP contribution in [0.25, 0.3) is 0 Å². The van der Waals surface area contributed by atoms with Gasteiger partial charge in [0.1, 0.15) is 5.75 Å². The highest BCUT2D eigenvalue weighted by Gasteiger charge is 2.12. The molecule has 2 N–H and O–H groups in total. The second kappa shape index (κ2) is 10.2. The Morgan fingerprint density at radius 2 is 1.95 bits per heavy atom. The first kappa shape index (κ1) is 16.5. The zero-order chi connectivity index (χ0) is 14.6. The number of carbonyl (C=O) groups excluding carboxylic acids is 1. The van der Waals surface area contributed by atoms with Gasteiger partial charge in [-0.3, -0.25) is 4.79 Å². The Balaban J connectivity index is 2.10. The molecule has 5 heteroatoms. The lowest BCUT2D eigenvalue weighted by Crippen LogP contribution is -2.37. The normalized spacial score (nSPS) is 11.9. The Kier molecular flexibility index (Phi) is 8.42. The maximum atomic E-state index is 11.8. The molecule has 0 saturated carbocycles. The predicted octanol–water partition coefficient (Wildman–Crippen LogP) is 1.05. The van der Waals surface area contributed by atoms with E-state index < -0.39 is 0 Å². The standard InChI is InChI=1S/C15H24N2O3/c1-13(12-20-14-6-4-3-5-7-14)15(18)17-9-8-16-10-11-19-2/h3-7,13,16H,8-12H2,1-2H3,(H,17,18). The number of methoxy groups -OCH3 is 1. The number of nitrogens with one attached hydrogen (secondary N) is 2. The van der Waals surface area contributed by atoms with Crippen LogP contribution in [0.15, 0.2) is 30.3 Å². The Bertz CT molecular complexity index is 371. The zero-order valence-electron chi connectivity index (χ0n) is 12.2. The van der Waals surface area contributed by atoms with Crippen molar-refractivity contribution in [3.8, 4) is 5.75 Å². The van der Waals surface area contributed by atoms with Crippen molar-refractivity contribution in [2.24, 2.45) is 5.92 Å². The molecular weight excluding hydrogens is 256 g/mol. The molecule has 112 valence electrons. The molecule has 0 aliphatic rings. The third-order valence-corrected chi connectivity index (χ3v) is 2.77. The number of benzene rings is 1. The number of ether oxygens (including phenoxy) is 2. The summed E-state index contributed by atoms with van der Waals surface area (Å²) < 4.78 is 10.5. The molecule has 0 saturated heterocycles. The zero-order valence-corrected chi connectivity index (χ0v) is 12.2. The first-order valence-corrected chi connectivity index (χ1v) is 6.89. The van der Waals surface area contributed by atoms with E-state index in [1.54, 1.807) is 7.11 Å². The topological polar surface area (TPSA) is 59.6 Å². The molecule has 1 aromatic rings. The molecule has 0 bridgehead atoms. The van der Waals surface area contributed by atoms with Crippen molar-refractivity contribution in [1.29, 1.82) is 0 Å². The van der Waals surface area contributed by atoms with Gasteiger partial charge in [0.05, 0.1) is 19.1 Å². The molecule has 0 aromatic heterocycles. The van der Waals surface area contributed by atoms with E-state index in [0.717, 1.165) is 18.8 Å². The van der Waals surface area contributed by atoms with Crippen LogP contribution in [0, 0.1) is 5.92 Å². The molecule has 0 spiro atoms. The maximum Gasteiger partial charge on any atom is 0.226 e. The van der Waals surface area contributed by atoms with Crippen molar-refractivity contribution in [2.45, 2.75) is 6.92 Å². The minimum absolute atomic E-state index is 0.00877. The van der Waals surface area contributed by atoms with Gasteiger partial charge in [0.15, 0.2) is 0 Å². The number of carbonyl (C=O) groups is 1. The smallest absolute Gasteiger partial charge is 0.226 e. The van der Waals surface area contributed by atoms with Gasteiger partial charge in [0.25, 0.3) is 0 Å². The van der Waals surface area contributed by atoms with Crippen molar-refractivity contribution < 1.29 is 14.3 Å². The van der Waals surface area contributed by atoms with Gasteiger partial charge < -0.3 is 20.1 Å². The number of hydrogen-bond acceptors (Lipinski definition) is 4. The molecule has 20 heavy (non-hydrogen) atoms. The lowest BCUT2D eigenvalue weighted by atomic mass is 10.2. The van der Waals surface area contributed by atoms with Crippen LogP contribution in [-0.2, 0) is 9.53 Å². The fourth-order valence-corrected chi connectivity index (χ4v) is 1.56. The molecule has 5 nitrogen and oxygen atoms in total. The summed E-state index contributed by atoms with van der Waals surface area (Å²) in [7, 11) is 1.66. The first-order chi connectivity index (χ1) is 9.74. The quantitative estimate of drug-likeness (QED) is 0.629. The lowest BCUT2D eigenvalue weighted by molar-refractivity contribution is -0.125. The highest BCUT2D eigenvalue weighted by atomic mass is 16.5. The van der Waals surface area contributed by atoms with Crippen molar-refractivity contribution in [1.82, 2.24) is 10.6 Å². The Hall–Kier alpha value is -1.59. The molecule has 1 unspecified atom stereocenters. The molecule has 0 aliphatic carbocycles. The summed E-state index contributed by atoms with van der Waals surface area (Å²) in [5.41, 5.74) is 0. The van der Waals surface area contributed by atoms with Gasteiger partial charge in [-0.2, -0.15) is 0 Å². The van der Waals surface area contributed by atoms with Crippen LogP contribution < -0.4 is 15.4 Å². The molecular formula is C15H24N2O3. The maximum absolute atomic E-state index is 11.8. The van der Waals surface area contributed by atoms with Crippen molar-refractivity contribution in [3.63, 3.8) is 0 Å². The Morgan fingerprint density at radius 3 is 2.65 bits per heavy atom. The molecule has 1 aromatic carbocycles. The fraction of sp³-hybridized carbons (Fsp3) is 0.533. The van der Waals surface area contributed by atoms with Crippen molar-refractivity contribution >= 4 is 5.91 Å². The minimum atomic E-state index is -0.172. The average molecular weight is 280 g/mol. The van der Waals surface area contributed by atoms with Gasteiger partial charge in [0.2, 0.25) is 5.91 Å². The van der Waals surface area contributed by atoms with E-state index in [1.807, 2.05) is 37.3 Å². The van der Waals surface area contributed by atoms with E-state index in [0.29, 0.717) is 19.8 Å². The second-order valence-electron chi connectivity index (χ2n) is 4.56. The number of para-hydroxylation sites is 1. The third kappa shape index (κ3) is 7.11. The summed E-state index contributed by atoms with van der Waals surface area (Å²) in [4.78, 5) is 11.8. The summed E-state index contributed by atoms with van der Waals surface area (Å²) >= 11 is 0. The number of hydrogen-bond donors (Lipinski definition) is 2. The average Bonchev–Trinajstić information content (AvgIpc) is 2.49. The van der Waals surface area contributed by atoms with Crippen molar-refractivity contribution in [3.05, 3.63) is 30.3 Å². The minimum Gasteiger partial charge on any atom is -0.493 e. The van der Waals surface area contributed by atoms with Crippen LogP contribution in [0.3, 0.4) is 0 Å². The van der Waals surface area contributed by atoms with Gasteiger partial charge in [-0.15, -0.1) is 0 Å². The van der Waals surface area contributed by atoms with E-state index >= 15 is 0 Å². The monoisotopic (exact) mass is 280 g/mol. The van der Waals surface area contributed by atoms with Crippen LogP contribution in [0.5, 0.6) is 5.75 Å². The number of rotatable bonds is 10. The van der Waals surface area contributed by atoms with Gasteiger partial charge >= 0.3 is 0 Å². The van der Waals surface area contributed by atoms with E-state index in [4.69, 9.17) is 9.47 Å². The third-order valence-electron chi connectivity index (χ3n) is 2.77. The lowest BCUT2D eigenvalue weighted by Gasteiger charge is -2.13. The molecule has 0 radical (unpaired) electrons. The molecule has 0 fully saturated rings. The molecule has 0 aliphatic heterocycles. The summed E-state index contributed by atoms with van der Waals surface area (Å²) in [6, 6.07) is 9.51. The number of amides is 1. The molecule has 0 heterocycles. The van der Waals surface area contributed by atoms with Crippen molar-refractivity contribution in [2.75, 3.05) is 40.0 Å².